The highest BCUT2D eigenvalue weighted by molar-refractivity contribution is 5.58. The monoisotopic (exact) mass is 353 g/mol. The van der Waals surface area contributed by atoms with Crippen LogP contribution in [-0.4, -0.2) is 26.8 Å². The number of nitriles is 1. The predicted octanol–water partition coefficient (Wildman–Crippen LogP) is 3.43. The van der Waals surface area contributed by atoms with Crippen molar-refractivity contribution in [1.29, 1.82) is 5.26 Å². The molecule has 1 unspecified atom stereocenters. The summed E-state index contributed by atoms with van der Waals surface area (Å²) in [5.41, 5.74) is -0.681. The Morgan fingerprint density at radius 2 is 2.04 bits per heavy atom. The zero-order chi connectivity index (χ0) is 18.8. The molecule has 134 valence electrons. The van der Waals surface area contributed by atoms with Gasteiger partial charge in [0, 0.05) is 13.2 Å². The number of halogens is 3. The van der Waals surface area contributed by atoms with E-state index in [1.807, 2.05) is 6.92 Å². The third kappa shape index (κ3) is 3.65. The molecular formula is C15H18F3N7. The van der Waals surface area contributed by atoms with Gasteiger partial charge < -0.3 is 10.6 Å². The van der Waals surface area contributed by atoms with Crippen molar-refractivity contribution in [3.05, 3.63) is 23.7 Å². The van der Waals surface area contributed by atoms with Crippen LogP contribution in [0.1, 0.15) is 31.5 Å². The van der Waals surface area contributed by atoms with Gasteiger partial charge in [-0.1, -0.05) is 6.92 Å². The molecule has 25 heavy (non-hydrogen) atoms. The molecule has 0 aliphatic heterocycles. The number of rotatable bonds is 5. The number of nitrogens with zero attached hydrogens (tertiary/aromatic N) is 5. The molecule has 0 radical (unpaired) electrons. The van der Waals surface area contributed by atoms with Crippen LogP contribution in [0.5, 0.6) is 0 Å². The smallest absolute Gasteiger partial charge is 0.372 e. The molecule has 10 heteroatoms. The Balaban J connectivity index is 2.35. The largest absolute Gasteiger partial charge is 0.421 e. The Morgan fingerprint density at radius 3 is 2.56 bits per heavy atom. The highest BCUT2D eigenvalue weighted by Crippen LogP contribution is 2.34. The summed E-state index contributed by atoms with van der Waals surface area (Å²) in [7, 11) is 1.35. The van der Waals surface area contributed by atoms with Crippen LogP contribution in [0.4, 0.5) is 30.6 Å². The van der Waals surface area contributed by atoms with Gasteiger partial charge in [-0.3, -0.25) is 4.68 Å². The summed E-state index contributed by atoms with van der Waals surface area (Å²) in [6, 6.07) is 2.20. The lowest BCUT2D eigenvalue weighted by molar-refractivity contribution is -0.137. The standard InChI is InChI=1S/C15H18F3N7/c1-5-14(3,8-19)25-7-11(9(2)24-25)22-13-21-6-10(15(16,17)18)12(20-4)23-13/h6-7H,5H2,1-4H3,(H2,20,21,22,23). The Hall–Kier alpha value is -2.83. The van der Waals surface area contributed by atoms with Crippen molar-refractivity contribution in [3.8, 4) is 6.07 Å². The lowest BCUT2D eigenvalue weighted by Crippen LogP contribution is -2.27. The second-order valence-electron chi connectivity index (χ2n) is 5.64. The molecule has 2 N–H and O–H groups in total. The maximum Gasteiger partial charge on any atom is 0.421 e. The van der Waals surface area contributed by atoms with E-state index < -0.39 is 17.3 Å². The lowest BCUT2D eigenvalue weighted by atomic mass is 10.0. The van der Waals surface area contributed by atoms with Gasteiger partial charge in [0.2, 0.25) is 5.95 Å². The molecule has 2 rings (SSSR count). The van der Waals surface area contributed by atoms with Crippen LogP contribution in [0.25, 0.3) is 0 Å². The molecule has 0 saturated carbocycles. The number of anilines is 3. The Labute approximate surface area is 142 Å². The van der Waals surface area contributed by atoms with E-state index in [9.17, 15) is 18.4 Å². The Morgan fingerprint density at radius 1 is 1.36 bits per heavy atom. The van der Waals surface area contributed by atoms with E-state index in [1.165, 1.54) is 11.7 Å². The van der Waals surface area contributed by atoms with Gasteiger partial charge in [-0.2, -0.15) is 28.5 Å². The van der Waals surface area contributed by atoms with Crippen molar-refractivity contribution in [1.82, 2.24) is 19.7 Å². The molecule has 7 nitrogen and oxygen atoms in total. The van der Waals surface area contributed by atoms with Gasteiger partial charge in [0.15, 0.2) is 0 Å². The fourth-order valence-electron chi connectivity index (χ4n) is 2.09. The van der Waals surface area contributed by atoms with Crippen LogP contribution in [0, 0.1) is 18.3 Å². The summed E-state index contributed by atoms with van der Waals surface area (Å²) in [5, 5.41) is 18.9. The van der Waals surface area contributed by atoms with E-state index in [0.717, 1.165) is 0 Å². The minimum absolute atomic E-state index is 0.00448. The number of aryl methyl sites for hydroxylation is 1. The maximum absolute atomic E-state index is 12.9. The number of hydrogen-bond donors (Lipinski definition) is 2. The third-order valence-corrected chi connectivity index (χ3v) is 3.91. The van der Waals surface area contributed by atoms with Crippen LogP contribution < -0.4 is 10.6 Å². The highest BCUT2D eigenvalue weighted by atomic mass is 19.4. The van der Waals surface area contributed by atoms with Crippen LogP contribution in [-0.2, 0) is 11.7 Å². The molecule has 2 aromatic heterocycles. The second kappa shape index (κ2) is 6.58. The first kappa shape index (κ1) is 18.5. The summed E-state index contributed by atoms with van der Waals surface area (Å²) in [6.45, 7) is 5.33. The minimum Gasteiger partial charge on any atom is -0.372 e. The fraction of sp³-hybridized carbons (Fsp3) is 0.467. The number of hydrogen-bond acceptors (Lipinski definition) is 6. The topological polar surface area (TPSA) is 91.5 Å². The summed E-state index contributed by atoms with van der Waals surface area (Å²) in [4.78, 5) is 7.57. The van der Waals surface area contributed by atoms with E-state index in [0.29, 0.717) is 24.0 Å². The maximum atomic E-state index is 12.9. The fourth-order valence-corrected chi connectivity index (χ4v) is 2.09. The summed E-state index contributed by atoms with van der Waals surface area (Å²) < 4.78 is 40.2. The normalized spacial score (nSPS) is 13.8. The van der Waals surface area contributed by atoms with Crippen molar-refractivity contribution in [2.24, 2.45) is 0 Å². The van der Waals surface area contributed by atoms with Gasteiger partial charge in [-0.25, -0.2) is 4.98 Å². The highest BCUT2D eigenvalue weighted by Gasteiger charge is 2.35. The van der Waals surface area contributed by atoms with Crippen molar-refractivity contribution in [2.45, 2.75) is 38.9 Å². The van der Waals surface area contributed by atoms with Gasteiger partial charge in [0.25, 0.3) is 0 Å². The van der Waals surface area contributed by atoms with Crippen LogP contribution in [0.3, 0.4) is 0 Å². The van der Waals surface area contributed by atoms with Gasteiger partial charge >= 0.3 is 6.18 Å². The summed E-state index contributed by atoms with van der Waals surface area (Å²) in [5.74, 6) is -0.333. The average Bonchev–Trinajstić information content (AvgIpc) is 2.94. The lowest BCUT2D eigenvalue weighted by Gasteiger charge is -2.19. The molecule has 0 aliphatic rings. The van der Waals surface area contributed by atoms with E-state index in [4.69, 9.17) is 0 Å². The third-order valence-electron chi connectivity index (χ3n) is 3.91. The predicted molar refractivity (Wildman–Crippen MR) is 86.4 cm³/mol. The number of aromatic nitrogens is 4. The molecule has 0 saturated heterocycles. The first-order valence-corrected chi connectivity index (χ1v) is 7.51. The van der Waals surface area contributed by atoms with Gasteiger partial charge in [0.1, 0.15) is 16.9 Å². The molecule has 2 heterocycles. The van der Waals surface area contributed by atoms with Gasteiger partial charge in [0.05, 0.1) is 23.6 Å². The molecule has 0 amide bonds. The van der Waals surface area contributed by atoms with Crippen molar-refractivity contribution in [2.75, 3.05) is 17.7 Å². The molecule has 0 aliphatic carbocycles. The molecule has 2 aromatic rings. The van der Waals surface area contributed by atoms with Crippen molar-refractivity contribution >= 4 is 17.5 Å². The number of alkyl halides is 3. The molecule has 0 spiro atoms. The average molecular weight is 353 g/mol. The Bertz CT molecular complexity index is 806. The Kier molecular flexibility index (Phi) is 4.87. The first-order valence-electron chi connectivity index (χ1n) is 7.51. The zero-order valence-electron chi connectivity index (χ0n) is 14.2. The number of nitrogens with one attached hydrogen (secondary N) is 2. The van der Waals surface area contributed by atoms with E-state index in [2.05, 4.69) is 31.8 Å². The quantitative estimate of drug-likeness (QED) is 0.856. The minimum atomic E-state index is -4.55. The summed E-state index contributed by atoms with van der Waals surface area (Å²) >= 11 is 0. The second-order valence-corrected chi connectivity index (χ2v) is 5.64. The SMILES string of the molecule is CCC(C)(C#N)n1cc(Nc2ncc(C(F)(F)F)c(NC)n2)c(C)n1. The molecule has 0 aromatic carbocycles. The van der Waals surface area contributed by atoms with Gasteiger partial charge in [-0.15, -0.1) is 0 Å². The van der Waals surface area contributed by atoms with Crippen molar-refractivity contribution in [3.63, 3.8) is 0 Å². The van der Waals surface area contributed by atoms with Crippen LogP contribution in [0.2, 0.25) is 0 Å². The van der Waals surface area contributed by atoms with Crippen LogP contribution in [0.15, 0.2) is 12.4 Å². The summed E-state index contributed by atoms with van der Waals surface area (Å²) in [6.07, 6.45) is -1.67. The molecule has 0 bridgehead atoms. The zero-order valence-corrected chi connectivity index (χ0v) is 14.2. The van der Waals surface area contributed by atoms with E-state index in [1.54, 1.807) is 20.0 Å². The molecule has 0 fully saturated rings. The van der Waals surface area contributed by atoms with E-state index in [-0.39, 0.29) is 11.8 Å². The van der Waals surface area contributed by atoms with Crippen LogP contribution >= 0.6 is 0 Å². The molecule has 1 atom stereocenters. The van der Waals surface area contributed by atoms with Gasteiger partial charge in [-0.05, 0) is 20.3 Å². The molecular weight excluding hydrogens is 335 g/mol. The van der Waals surface area contributed by atoms with Crippen molar-refractivity contribution < 1.29 is 13.2 Å². The first-order chi connectivity index (χ1) is 11.6. The van der Waals surface area contributed by atoms with E-state index >= 15 is 0 Å².